The summed E-state index contributed by atoms with van der Waals surface area (Å²) in [6, 6.07) is 4.83. The summed E-state index contributed by atoms with van der Waals surface area (Å²) in [7, 11) is 0. The molecule has 0 saturated carbocycles. The number of nitrogens with one attached hydrogen (secondary N) is 1. The third-order valence-corrected chi connectivity index (χ3v) is 3.63. The molecule has 0 radical (unpaired) electrons. The molecule has 1 heterocycles. The van der Waals surface area contributed by atoms with Crippen molar-refractivity contribution in [1.29, 1.82) is 0 Å². The van der Waals surface area contributed by atoms with Crippen LogP contribution in [-0.4, -0.2) is 11.5 Å². The summed E-state index contributed by atoms with van der Waals surface area (Å²) in [5.74, 6) is -0.197. The summed E-state index contributed by atoms with van der Waals surface area (Å²) in [5.41, 5.74) is 2.99. The number of nitrogens with zero attached hydrogens (tertiary/aromatic N) is 1. The lowest BCUT2D eigenvalue weighted by atomic mass is 10.1. The average Bonchev–Trinajstić information content (AvgIpc) is 2.78. The predicted molar refractivity (Wildman–Crippen MR) is 74.2 cm³/mol. The first kappa shape index (κ1) is 13.2. The van der Waals surface area contributed by atoms with Crippen LogP contribution in [0.25, 0.3) is 10.6 Å². The Labute approximate surface area is 111 Å². The second kappa shape index (κ2) is 6.07. The Morgan fingerprint density at radius 2 is 2.22 bits per heavy atom. The summed E-state index contributed by atoms with van der Waals surface area (Å²) >= 11 is 1.61. The number of hydrogen-bond acceptors (Lipinski definition) is 3. The number of aromatic nitrogens is 1. The monoisotopic (exact) mass is 264 g/mol. The third-order valence-electron chi connectivity index (χ3n) is 2.70. The van der Waals surface area contributed by atoms with Gasteiger partial charge in [0.2, 0.25) is 0 Å². The van der Waals surface area contributed by atoms with Crippen LogP contribution >= 0.6 is 11.3 Å². The van der Waals surface area contributed by atoms with Crippen molar-refractivity contribution in [1.82, 2.24) is 10.3 Å². The summed E-state index contributed by atoms with van der Waals surface area (Å²) in [4.78, 5) is 4.58. The second-order valence-corrected chi connectivity index (χ2v) is 5.14. The highest BCUT2D eigenvalue weighted by atomic mass is 32.1. The minimum atomic E-state index is -0.197. The zero-order valence-corrected chi connectivity index (χ0v) is 11.5. The molecule has 1 aromatic heterocycles. The van der Waals surface area contributed by atoms with Crippen LogP contribution in [0.1, 0.15) is 24.6 Å². The average molecular weight is 264 g/mol. The van der Waals surface area contributed by atoms with E-state index in [2.05, 4.69) is 22.6 Å². The molecule has 4 heteroatoms. The van der Waals surface area contributed by atoms with Crippen molar-refractivity contribution in [3.63, 3.8) is 0 Å². The number of thiazole rings is 1. The Morgan fingerprint density at radius 1 is 1.39 bits per heavy atom. The largest absolute Gasteiger partial charge is 0.311 e. The zero-order chi connectivity index (χ0) is 13.0. The Kier molecular flexibility index (Phi) is 4.44. The van der Waals surface area contributed by atoms with Crippen molar-refractivity contribution < 1.29 is 4.39 Å². The quantitative estimate of drug-likeness (QED) is 0.832. The van der Waals surface area contributed by atoms with Crippen molar-refractivity contribution in [2.75, 3.05) is 6.54 Å². The number of aryl methyl sites for hydroxylation is 1. The Balaban J connectivity index is 2.13. The van der Waals surface area contributed by atoms with E-state index in [1.807, 2.05) is 6.92 Å². The van der Waals surface area contributed by atoms with Crippen molar-refractivity contribution in [2.45, 2.75) is 26.8 Å². The van der Waals surface area contributed by atoms with Gasteiger partial charge in [-0.15, -0.1) is 11.3 Å². The van der Waals surface area contributed by atoms with E-state index < -0.39 is 0 Å². The molecule has 0 amide bonds. The van der Waals surface area contributed by atoms with Crippen LogP contribution in [0.15, 0.2) is 23.6 Å². The smallest absolute Gasteiger partial charge is 0.123 e. The molecular weight excluding hydrogens is 247 g/mol. The molecule has 0 aliphatic rings. The van der Waals surface area contributed by atoms with Crippen LogP contribution in [0.4, 0.5) is 4.39 Å². The molecule has 18 heavy (non-hydrogen) atoms. The van der Waals surface area contributed by atoms with E-state index in [1.54, 1.807) is 23.5 Å². The van der Waals surface area contributed by atoms with Gasteiger partial charge in [0, 0.05) is 17.5 Å². The van der Waals surface area contributed by atoms with Gasteiger partial charge in [-0.05, 0) is 43.7 Å². The first-order valence-electron chi connectivity index (χ1n) is 6.12. The van der Waals surface area contributed by atoms with Crippen LogP contribution < -0.4 is 5.32 Å². The molecule has 0 fully saturated rings. The van der Waals surface area contributed by atoms with Crippen LogP contribution in [-0.2, 0) is 6.54 Å². The van der Waals surface area contributed by atoms with Gasteiger partial charge in [0.25, 0.3) is 0 Å². The first-order valence-corrected chi connectivity index (χ1v) is 7.00. The summed E-state index contributed by atoms with van der Waals surface area (Å²) in [5, 5.41) is 6.34. The fourth-order valence-electron chi connectivity index (χ4n) is 1.77. The molecule has 0 spiro atoms. The minimum absolute atomic E-state index is 0.197. The van der Waals surface area contributed by atoms with Crippen LogP contribution in [0.2, 0.25) is 0 Å². The minimum Gasteiger partial charge on any atom is -0.311 e. The van der Waals surface area contributed by atoms with Crippen molar-refractivity contribution in [2.24, 2.45) is 0 Å². The van der Waals surface area contributed by atoms with Crippen LogP contribution in [0.3, 0.4) is 0 Å². The van der Waals surface area contributed by atoms with E-state index in [4.69, 9.17) is 0 Å². The van der Waals surface area contributed by atoms with E-state index in [1.165, 1.54) is 6.07 Å². The van der Waals surface area contributed by atoms with Gasteiger partial charge < -0.3 is 5.32 Å². The number of rotatable bonds is 5. The van der Waals surface area contributed by atoms with Gasteiger partial charge in [-0.25, -0.2) is 9.37 Å². The van der Waals surface area contributed by atoms with Crippen LogP contribution in [0, 0.1) is 12.7 Å². The normalized spacial score (nSPS) is 10.8. The van der Waals surface area contributed by atoms with Gasteiger partial charge in [-0.1, -0.05) is 6.92 Å². The highest BCUT2D eigenvalue weighted by Crippen LogP contribution is 2.27. The van der Waals surface area contributed by atoms with Crippen molar-refractivity contribution in [3.8, 4) is 10.6 Å². The number of hydrogen-bond donors (Lipinski definition) is 1. The SMILES string of the molecule is CCCNCc1csc(-c2ccc(F)cc2C)n1. The Bertz CT molecular complexity index is 522. The molecule has 0 aliphatic heterocycles. The van der Waals surface area contributed by atoms with E-state index >= 15 is 0 Å². The lowest BCUT2D eigenvalue weighted by Gasteiger charge is -2.02. The second-order valence-electron chi connectivity index (χ2n) is 4.28. The molecule has 2 nitrogen and oxygen atoms in total. The van der Waals surface area contributed by atoms with Gasteiger partial charge in [0.1, 0.15) is 10.8 Å². The standard InChI is InChI=1S/C14H17FN2S/c1-3-6-16-8-12-9-18-14(17-12)13-5-4-11(15)7-10(13)2/h4-5,7,9,16H,3,6,8H2,1-2H3. The maximum atomic E-state index is 13.0. The lowest BCUT2D eigenvalue weighted by Crippen LogP contribution is -2.13. The first-order chi connectivity index (χ1) is 8.70. The molecule has 0 saturated heterocycles. The molecule has 0 bridgehead atoms. The summed E-state index contributed by atoms with van der Waals surface area (Å²) < 4.78 is 13.0. The van der Waals surface area contributed by atoms with Gasteiger partial charge in [-0.3, -0.25) is 0 Å². The molecular formula is C14H17FN2S. The zero-order valence-electron chi connectivity index (χ0n) is 10.7. The highest BCUT2D eigenvalue weighted by molar-refractivity contribution is 7.13. The Morgan fingerprint density at radius 3 is 2.94 bits per heavy atom. The number of benzene rings is 1. The van der Waals surface area contributed by atoms with Gasteiger partial charge in [-0.2, -0.15) is 0 Å². The van der Waals surface area contributed by atoms with Crippen LogP contribution in [0.5, 0.6) is 0 Å². The van der Waals surface area contributed by atoms with Crippen molar-refractivity contribution in [3.05, 3.63) is 40.7 Å². The van der Waals surface area contributed by atoms with Gasteiger partial charge in [0.15, 0.2) is 0 Å². The topological polar surface area (TPSA) is 24.9 Å². The predicted octanol–water partition coefficient (Wildman–Crippen LogP) is 3.76. The van der Waals surface area contributed by atoms with E-state index in [0.717, 1.165) is 41.3 Å². The lowest BCUT2D eigenvalue weighted by molar-refractivity contribution is 0.627. The number of halogens is 1. The molecule has 2 aromatic rings. The molecule has 0 aliphatic carbocycles. The van der Waals surface area contributed by atoms with Gasteiger partial charge in [0.05, 0.1) is 5.69 Å². The summed E-state index contributed by atoms with van der Waals surface area (Å²) in [6.45, 7) is 5.85. The van der Waals surface area contributed by atoms with Gasteiger partial charge >= 0.3 is 0 Å². The molecule has 1 aromatic carbocycles. The fourth-order valence-corrected chi connectivity index (χ4v) is 2.68. The van der Waals surface area contributed by atoms with Crippen molar-refractivity contribution >= 4 is 11.3 Å². The maximum absolute atomic E-state index is 13.0. The maximum Gasteiger partial charge on any atom is 0.123 e. The molecule has 96 valence electrons. The molecule has 1 N–H and O–H groups in total. The molecule has 0 unspecified atom stereocenters. The highest BCUT2D eigenvalue weighted by Gasteiger charge is 2.07. The fraction of sp³-hybridized carbons (Fsp3) is 0.357. The third kappa shape index (κ3) is 3.15. The Hall–Kier alpha value is -1.26. The van der Waals surface area contributed by atoms with E-state index in [0.29, 0.717) is 0 Å². The molecule has 0 atom stereocenters. The van der Waals surface area contributed by atoms with E-state index in [-0.39, 0.29) is 5.82 Å². The van der Waals surface area contributed by atoms with E-state index in [9.17, 15) is 4.39 Å². The summed E-state index contributed by atoms with van der Waals surface area (Å²) in [6.07, 6.45) is 1.12. The molecule has 2 rings (SSSR count).